The molecule has 15 aromatic rings. The van der Waals surface area contributed by atoms with E-state index in [0.29, 0.717) is 0 Å². The van der Waals surface area contributed by atoms with E-state index in [1.807, 2.05) is 0 Å². The maximum absolute atomic E-state index is 2.45. The van der Waals surface area contributed by atoms with E-state index in [1.165, 1.54) is 88.0 Å². The Hall–Kier alpha value is -11.1. The fraction of sp³-hybridized carbons (Fsp3) is 0. The summed E-state index contributed by atoms with van der Waals surface area (Å²) < 4.78 is 0. The minimum Gasteiger partial charge on any atom is -0.310 e. The molecule has 2 nitrogen and oxygen atoms in total. The number of rotatable bonds is 13. The molecular weight excluding hydrogens is 1010 g/mol. The van der Waals surface area contributed by atoms with Gasteiger partial charge in [-0.3, -0.25) is 0 Å². The highest BCUT2D eigenvalue weighted by Crippen LogP contribution is 2.49. The highest BCUT2D eigenvalue weighted by atomic mass is 15.2. The van der Waals surface area contributed by atoms with Crippen LogP contribution in [0, 0.1) is 0 Å². The molecule has 0 aliphatic carbocycles. The zero-order valence-corrected chi connectivity index (χ0v) is 46.2. The van der Waals surface area contributed by atoms with Gasteiger partial charge >= 0.3 is 0 Å². The zero-order chi connectivity index (χ0) is 55.8. The Bertz CT molecular complexity index is 4700. The third-order valence-corrected chi connectivity index (χ3v) is 16.7. The largest absolute Gasteiger partial charge is 0.310 e. The molecule has 0 saturated carbocycles. The van der Waals surface area contributed by atoms with Crippen molar-refractivity contribution in [2.75, 3.05) is 9.80 Å². The highest BCUT2D eigenvalue weighted by molar-refractivity contribution is 6.27. The molecule has 0 radical (unpaired) electrons. The van der Waals surface area contributed by atoms with Gasteiger partial charge in [-0.15, -0.1) is 0 Å². The number of nitrogens with zero attached hydrogens (tertiary/aromatic N) is 2. The number of hydrogen-bond acceptors (Lipinski definition) is 2. The fourth-order valence-electron chi connectivity index (χ4n) is 12.6. The van der Waals surface area contributed by atoms with Gasteiger partial charge in [-0.1, -0.05) is 285 Å². The lowest BCUT2D eigenvalue weighted by molar-refractivity contribution is 1.28. The van der Waals surface area contributed by atoms with E-state index in [0.717, 1.165) is 56.4 Å². The SMILES string of the molecule is c1ccc(-c2ccc(N(c3ccc(-c4ccc5ccc6c(-c7ccc(N(c8ccc(-c9ccccc9)cc8)c8c(-c9ccccc9)cccc8-c8ccccc8)cc7)ccc7ccc4c5c76)cc3)c3ccccc3-c3ccccc3)cc2)cc1. The molecule has 0 aliphatic rings. The molecule has 0 N–H and O–H groups in total. The quantitative estimate of drug-likeness (QED) is 0.106. The van der Waals surface area contributed by atoms with Crippen molar-refractivity contribution in [3.8, 4) is 77.9 Å². The highest BCUT2D eigenvalue weighted by Gasteiger charge is 2.24. The fourth-order valence-corrected chi connectivity index (χ4v) is 12.6. The third kappa shape index (κ3) is 9.23. The second-order valence-corrected chi connectivity index (χ2v) is 21.6. The van der Waals surface area contributed by atoms with Crippen molar-refractivity contribution >= 4 is 66.4 Å². The Morgan fingerprint density at radius 3 is 0.857 bits per heavy atom. The molecule has 0 unspecified atom stereocenters. The van der Waals surface area contributed by atoms with Crippen LogP contribution >= 0.6 is 0 Å². The van der Waals surface area contributed by atoms with E-state index < -0.39 is 0 Å². The van der Waals surface area contributed by atoms with Gasteiger partial charge in [0.15, 0.2) is 0 Å². The van der Waals surface area contributed by atoms with Crippen LogP contribution in [0.1, 0.15) is 0 Å². The van der Waals surface area contributed by atoms with Crippen LogP contribution in [0.5, 0.6) is 0 Å². The van der Waals surface area contributed by atoms with Crippen LogP contribution in [0.25, 0.3) is 110 Å². The molecular formula is C82H56N2. The molecule has 0 bridgehead atoms. The smallest absolute Gasteiger partial charge is 0.0618 e. The van der Waals surface area contributed by atoms with E-state index in [4.69, 9.17) is 0 Å². The summed E-state index contributed by atoms with van der Waals surface area (Å²) in [5.41, 5.74) is 23.1. The third-order valence-electron chi connectivity index (χ3n) is 16.7. The lowest BCUT2D eigenvalue weighted by atomic mass is 9.87. The summed E-state index contributed by atoms with van der Waals surface area (Å²) in [6, 6.07) is 124. The van der Waals surface area contributed by atoms with Crippen LogP contribution in [-0.4, -0.2) is 0 Å². The van der Waals surface area contributed by atoms with Gasteiger partial charge in [0.25, 0.3) is 0 Å². The van der Waals surface area contributed by atoms with Gasteiger partial charge in [0, 0.05) is 39.4 Å². The van der Waals surface area contributed by atoms with Crippen LogP contribution in [0.4, 0.5) is 34.1 Å². The molecule has 84 heavy (non-hydrogen) atoms. The molecule has 0 spiro atoms. The van der Waals surface area contributed by atoms with Crippen molar-refractivity contribution in [2.45, 2.75) is 0 Å². The molecule has 394 valence electrons. The normalized spacial score (nSPS) is 11.3. The predicted octanol–water partition coefficient (Wildman–Crippen LogP) is 23.2. The van der Waals surface area contributed by atoms with Crippen LogP contribution in [0.3, 0.4) is 0 Å². The number of para-hydroxylation sites is 2. The Morgan fingerprint density at radius 1 is 0.167 bits per heavy atom. The molecule has 0 aromatic heterocycles. The Kier molecular flexibility index (Phi) is 12.9. The van der Waals surface area contributed by atoms with Crippen LogP contribution in [-0.2, 0) is 0 Å². The summed E-state index contributed by atoms with van der Waals surface area (Å²) in [7, 11) is 0. The van der Waals surface area contributed by atoms with Gasteiger partial charge in [-0.2, -0.15) is 0 Å². The lowest BCUT2D eigenvalue weighted by Gasteiger charge is -2.30. The van der Waals surface area contributed by atoms with Gasteiger partial charge < -0.3 is 9.80 Å². The molecule has 15 aromatic carbocycles. The first-order valence-electron chi connectivity index (χ1n) is 28.9. The Labute approximate surface area is 491 Å². The van der Waals surface area contributed by atoms with Gasteiger partial charge in [-0.05, 0) is 148 Å². The van der Waals surface area contributed by atoms with Crippen molar-refractivity contribution in [3.05, 3.63) is 340 Å². The topological polar surface area (TPSA) is 6.48 Å². The van der Waals surface area contributed by atoms with Gasteiger partial charge in [-0.25, -0.2) is 0 Å². The summed E-state index contributed by atoms with van der Waals surface area (Å²) in [5, 5.41) is 7.53. The minimum absolute atomic E-state index is 1.07. The maximum Gasteiger partial charge on any atom is 0.0618 e. The average molecular weight is 1070 g/mol. The first-order chi connectivity index (χ1) is 41.7. The monoisotopic (exact) mass is 1070 g/mol. The van der Waals surface area contributed by atoms with Gasteiger partial charge in [0.2, 0.25) is 0 Å². The predicted molar refractivity (Wildman–Crippen MR) is 358 cm³/mol. The van der Waals surface area contributed by atoms with Gasteiger partial charge in [0.1, 0.15) is 0 Å². The molecule has 0 aliphatic heterocycles. The summed E-state index contributed by atoms with van der Waals surface area (Å²) in [5.74, 6) is 0. The summed E-state index contributed by atoms with van der Waals surface area (Å²) in [6.45, 7) is 0. The van der Waals surface area contributed by atoms with E-state index in [9.17, 15) is 0 Å². The van der Waals surface area contributed by atoms with E-state index in [2.05, 4.69) is 350 Å². The minimum atomic E-state index is 1.07. The molecule has 0 heterocycles. The number of anilines is 6. The van der Waals surface area contributed by atoms with Crippen molar-refractivity contribution in [3.63, 3.8) is 0 Å². The molecule has 0 fully saturated rings. The van der Waals surface area contributed by atoms with E-state index >= 15 is 0 Å². The number of hydrogen-bond donors (Lipinski definition) is 0. The second kappa shape index (κ2) is 21.8. The van der Waals surface area contributed by atoms with Crippen LogP contribution in [0.2, 0.25) is 0 Å². The van der Waals surface area contributed by atoms with Crippen molar-refractivity contribution in [1.82, 2.24) is 0 Å². The average Bonchev–Trinajstić information content (AvgIpc) is 3.45. The molecule has 2 heteroatoms. The first-order valence-corrected chi connectivity index (χ1v) is 28.9. The first kappa shape index (κ1) is 49.9. The standard InChI is InChI=1S/C82H56N2/c1-6-19-57(20-7-1)59-33-45-68(46-34-59)83(79-32-17-16-29-74(79)61-23-10-3-11-24-61)69-49-37-64(38-50-69)72-53-41-66-44-56-78-73(54-42-67-43-55-77(72)80(66)81(67)78)65-39-51-71(52-40-65)84(70-47-35-60(36-48-70)58-21-8-2-9-22-58)82-75(62-25-12-4-13-26-62)30-18-31-76(82)63-27-14-5-15-28-63/h1-56H. The molecule has 0 amide bonds. The molecule has 15 rings (SSSR count). The van der Waals surface area contributed by atoms with E-state index in [1.54, 1.807) is 0 Å². The zero-order valence-electron chi connectivity index (χ0n) is 46.2. The van der Waals surface area contributed by atoms with Crippen molar-refractivity contribution in [1.29, 1.82) is 0 Å². The van der Waals surface area contributed by atoms with Crippen LogP contribution < -0.4 is 9.80 Å². The Morgan fingerprint density at radius 2 is 0.452 bits per heavy atom. The summed E-state index contributed by atoms with van der Waals surface area (Å²) in [6.07, 6.45) is 0. The molecule has 0 atom stereocenters. The van der Waals surface area contributed by atoms with E-state index in [-0.39, 0.29) is 0 Å². The maximum atomic E-state index is 2.45. The van der Waals surface area contributed by atoms with Crippen molar-refractivity contribution < 1.29 is 0 Å². The van der Waals surface area contributed by atoms with Crippen LogP contribution in [0.15, 0.2) is 340 Å². The lowest BCUT2D eigenvalue weighted by Crippen LogP contribution is -2.12. The Balaban J connectivity index is 0.819. The molecule has 0 saturated heterocycles. The van der Waals surface area contributed by atoms with Gasteiger partial charge in [0.05, 0.1) is 11.4 Å². The second-order valence-electron chi connectivity index (χ2n) is 21.6. The van der Waals surface area contributed by atoms with Crippen molar-refractivity contribution in [2.24, 2.45) is 0 Å². The summed E-state index contributed by atoms with van der Waals surface area (Å²) >= 11 is 0. The number of benzene rings is 15. The summed E-state index contributed by atoms with van der Waals surface area (Å²) in [4.78, 5) is 4.84.